The summed E-state index contributed by atoms with van der Waals surface area (Å²) in [5.41, 5.74) is 2.97. The largest absolute Gasteiger partial charge is 0.457 e. The van der Waals surface area contributed by atoms with Crippen LogP contribution in [0.4, 0.5) is 0 Å². The fourth-order valence-electron chi connectivity index (χ4n) is 5.71. The maximum absolute atomic E-state index is 11.6. The number of aryl methyl sites for hydroxylation is 2. The molecule has 0 fully saturated rings. The third-order valence-corrected chi connectivity index (χ3v) is 8.56. The molecule has 0 aliphatic rings. The Morgan fingerprint density at radius 3 is 1.56 bits per heavy atom. The van der Waals surface area contributed by atoms with Gasteiger partial charge in [0.1, 0.15) is 18.1 Å². The highest BCUT2D eigenvalue weighted by molar-refractivity contribution is 5.43. The molecule has 244 valence electrons. The molecular weight excluding hydrogens is 532 g/mol. The minimum absolute atomic E-state index is 0.402. The monoisotopic (exact) mass is 596 g/mol. The van der Waals surface area contributed by atoms with E-state index in [1.807, 2.05) is 24.3 Å². The first kappa shape index (κ1) is 37.3. The lowest BCUT2D eigenvalue weighted by atomic mass is 9.98. The van der Waals surface area contributed by atoms with Crippen LogP contribution >= 0.6 is 0 Å². The van der Waals surface area contributed by atoms with E-state index >= 15 is 0 Å². The van der Waals surface area contributed by atoms with E-state index < -0.39 is 12.4 Å². The fourth-order valence-corrected chi connectivity index (χ4v) is 5.71. The molecular formula is C39H64O4. The van der Waals surface area contributed by atoms with Crippen LogP contribution in [0.1, 0.15) is 159 Å². The molecule has 4 heteroatoms. The summed E-state index contributed by atoms with van der Waals surface area (Å²) in [5.74, 6) is -0.540. The molecule has 0 saturated heterocycles. The van der Waals surface area contributed by atoms with Crippen molar-refractivity contribution >= 4 is 0 Å². The fraction of sp³-hybridized carbons (Fsp3) is 0.692. The zero-order chi connectivity index (χ0) is 31.0. The first-order chi connectivity index (χ1) is 21.1. The van der Waals surface area contributed by atoms with E-state index in [0.29, 0.717) is 17.9 Å². The Bertz CT molecular complexity index is 941. The van der Waals surface area contributed by atoms with Gasteiger partial charge in [-0.05, 0) is 67.5 Å². The maximum Gasteiger partial charge on any atom is 0.220 e. The van der Waals surface area contributed by atoms with Crippen molar-refractivity contribution in [3.8, 4) is 11.5 Å². The summed E-state index contributed by atoms with van der Waals surface area (Å²) in [6.07, 6.45) is 25.4. The Balaban J connectivity index is 2.06. The van der Waals surface area contributed by atoms with Gasteiger partial charge in [-0.25, -0.2) is 0 Å². The molecule has 0 aliphatic heterocycles. The van der Waals surface area contributed by atoms with Crippen LogP contribution in [-0.2, 0) is 23.4 Å². The van der Waals surface area contributed by atoms with Crippen LogP contribution in [0.15, 0.2) is 42.5 Å². The Morgan fingerprint density at radius 2 is 1.02 bits per heavy atom. The zero-order valence-electron chi connectivity index (χ0n) is 28.0. The third-order valence-electron chi connectivity index (χ3n) is 8.56. The first-order valence-corrected chi connectivity index (χ1v) is 17.9. The second kappa shape index (κ2) is 23.5. The van der Waals surface area contributed by atoms with E-state index in [9.17, 15) is 10.2 Å². The molecule has 1 unspecified atom stereocenters. The van der Waals surface area contributed by atoms with E-state index in [-0.39, 0.29) is 0 Å². The van der Waals surface area contributed by atoms with Gasteiger partial charge in [0.25, 0.3) is 0 Å². The van der Waals surface area contributed by atoms with Gasteiger partial charge in [0.2, 0.25) is 5.79 Å². The molecule has 1 atom stereocenters. The molecule has 0 saturated carbocycles. The molecule has 0 spiro atoms. The number of hydrogen-bond donors (Lipinski definition) is 2. The molecule has 0 bridgehead atoms. The minimum Gasteiger partial charge on any atom is -0.457 e. The molecule has 2 rings (SSSR count). The van der Waals surface area contributed by atoms with E-state index in [1.165, 1.54) is 108 Å². The number of aliphatic hydroxyl groups is 2. The van der Waals surface area contributed by atoms with Crippen molar-refractivity contribution in [2.45, 2.75) is 161 Å². The summed E-state index contributed by atoms with van der Waals surface area (Å²) in [4.78, 5) is 0. The van der Waals surface area contributed by atoms with Crippen molar-refractivity contribution in [2.75, 3.05) is 13.2 Å². The highest BCUT2D eigenvalue weighted by atomic mass is 16.6. The second-order valence-electron chi connectivity index (χ2n) is 12.5. The summed E-state index contributed by atoms with van der Waals surface area (Å²) in [5, 5.41) is 22.0. The summed E-state index contributed by atoms with van der Waals surface area (Å²) in [6.45, 7) is 6.62. The predicted octanol–water partition coefficient (Wildman–Crippen LogP) is 11.2. The summed E-state index contributed by atoms with van der Waals surface area (Å²) < 4.78 is 12.4. The van der Waals surface area contributed by atoms with Gasteiger partial charge in [-0.1, -0.05) is 142 Å². The van der Waals surface area contributed by atoms with Crippen molar-refractivity contribution < 1.29 is 19.7 Å². The van der Waals surface area contributed by atoms with Crippen LogP contribution in [0.2, 0.25) is 0 Å². The quantitative estimate of drug-likeness (QED) is 0.0795. The van der Waals surface area contributed by atoms with Gasteiger partial charge >= 0.3 is 0 Å². The van der Waals surface area contributed by atoms with Crippen LogP contribution < -0.4 is 4.74 Å². The van der Waals surface area contributed by atoms with Crippen LogP contribution in [0, 0.1) is 0 Å². The lowest BCUT2D eigenvalue weighted by Gasteiger charge is -2.29. The second-order valence-corrected chi connectivity index (χ2v) is 12.5. The minimum atomic E-state index is -1.80. The summed E-state index contributed by atoms with van der Waals surface area (Å²) in [7, 11) is 0. The van der Waals surface area contributed by atoms with Crippen LogP contribution in [0.25, 0.3) is 0 Å². The SMILES string of the molecule is CCCCCCCCCOC(O)(CO)c1cc(CCCCCCCC)ccc1Oc1ccc(CCCCCCCC)cc1. The molecule has 4 nitrogen and oxygen atoms in total. The number of benzene rings is 2. The average molecular weight is 597 g/mol. The molecule has 0 aliphatic carbocycles. The van der Waals surface area contributed by atoms with E-state index in [1.54, 1.807) is 0 Å². The van der Waals surface area contributed by atoms with Gasteiger partial charge in [0.05, 0.1) is 12.2 Å². The number of rotatable bonds is 27. The van der Waals surface area contributed by atoms with E-state index in [4.69, 9.17) is 9.47 Å². The lowest BCUT2D eigenvalue weighted by Crippen LogP contribution is -2.34. The number of hydrogen-bond acceptors (Lipinski definition) is 4. The van der Waals surface area contributed by atoms with Crippen molar-refractivity contribution in [3.63, 3.8) is 0 Å². The van der Waals surface area contributed by atoms with Crippen molar-refractivity contribution in [1.29, 1.82) is 0 Å². The van der Waals surface area contributed by atoms with Gasteiger partial charge in [-0.3, -0.25) is 0 Å². The van der Waals surface area contributed by atoms with Gasteiger partial charge in [0.15, 0.2) is 0 Å². The Labute approximate surface area is 264 Å². The Morgan fingerprint density at radius 1 is 0.558 bits per heavy atom. The van der Waals surface area contributed by atoms with Gasteiger partial charge in [0, 0.05) is 0 Å². The standard InChI is InChI=1S/C39H64O4/c1-4-7-10-13-16-19-22-31-42-39(41,33-40)37-32-35(24-21-18-15-12-9-6-3)27-30-38(37)43-36-28-25-34(26-29-36)23-20-17-14-11-8-5-2/h25-30,32,40-41H,4-24,31,33H2,1-3H3. The van der Waals surface area contributed by atoms with Gasteiger partial charge < -0.3 is 19.7 Å². The zero-order valence-corrected chi connectivity index (χ0v) is 28.0. The van der Waals surface area contributed by atoms with Crippen LogP contribution in [0.3, 0.4) is 0 Å². The number of ether oxygens (including phenoxy) is 2. The Hall–Kier alpha value is -1.88. The molecule has 0 amide bonds. The predicted molar refractivity (Wildman–Crippen MR) is 182 cm³/mol. The smallest absolute Gasteiger partial charge is 0.220 e. The topological polar surface area (TPSA) is 58.9 Å². The number of aliphatic hydroxyl groups excluding tert-OH is 1. The molecule has 0 radical (unpaired) electrons. The molecule has 0 heterocycles. The highest BCUT2D eigenvalue weighted by Gasteiger charge is 2.33. The molecule has 2 aromatic rings. The van der Waals surface area contributed by atoms with Gasteiger partial charge in [-0.15, -0.1) is 0 Å². The molecule has 43 heavy (non-hydrogen) atoms. The Kier molecular flexibility index (Phi) is 20.4. The molecule has 2 aromatic carbocycles. The maximum atomic E-state index is 11.6. The highest BCUT2D eigenvalue weighted by Crippen LogP contribution is 2.36. The first-order valence-electron chi connectivity index (χ1n) is 17.9. The van der Waals surface area contributed by atoms with Crippen molar-refractivity contribution in [1.82, 2.24) is 0 Å². The normalized spacial score (nSPS) is 12.9. The van der Waals surface area contributed by atoms with E-state index in [2.05, 4.69) is 39.0 Å². The lowest BCUT2D eigenvalue weighted by molar-refractivity contribution is -0.234. The van der Waals surface area contributed by atoms with Crippen LogP contribution in [-0.4, -0.2) is 23.4 Å². The molecule has 0 aromatic heterocycles. The van der Waals surface area contributed by atoms with Crippen molar-refractivity contribution in [2.24, 2.45) is 0 Å². The number of unbranched alkanes of at least 4 members (excludes halogenated alkanes) is 16. The van der Waals surface area contributed by atoms with Gasteiger partial charge in [-0.2, -0.15) is 0 Å². The summed E-state index contributed by atoms with van der Waals surface area (Å²) >= 11 is 0. The summed E-state index contributed by atoms with van der Waals surface area (Å²) in [6, 6.07) is 14.3. The average Bonchev–Trinajstić information content (AvgIpc) is 3.03. The van der Waals surface area contributed by atoms with Crippen molar-refractivity contribution in [3.05, 3.63) is 59.2 Å². The van der Waals surface area contributed by atoms with E-state index in [0.717, 1.165) is 43.4 Å². The van der Waals surface area contributed by atoms with Crippen LogP contribution in [0.5, 0.6) is 11.5 Å². The third kappa shape index (κ3) is 15.6. The molecule has 2 N–H and O–H groups in total.